The molecule has 3 unspecified atom stereocenters. The average Bonchev–Trinajstić information content (AvgIpc) is 3.11. The quantitative estimate of drug-likeness (QED) is 0.343. The minimum Gasteiger partial charge on any atom is -0.507 e. The molecule has 4 rings (SSSR count). The van der Waals surface area contributed by atoms with Gasteiger partial charge in [0.15, 0.2) is 12.6 Å². The summed E-state index contributed by atoms with van der Waals surface area (Å²) in [6, 6.07) is 0. The number of allylic oxidation sites excluding steroid dienone is 1. The number of aromatic hydroxyl groups is 3. The van der Waals surface area contributed by atoms with Crippen molar-refractivity contribution < 1.29 is 24.9 Å². The molecule has 0 heterocycles. The van der Waals surface area contributed by atoms with E-state index >= 15 is 0 Å². The van der Waals surface area contributed by atoms with Gasteiger partial charge in [-0.25, -0.2) is 0 Å². The number of phenolic OH excluding ortho intramolecular Hbond substituents is 3. The van der Waals surface area contributed by atoms with Crippen LogP contribution in [0.4, 0.5) is 0 Å². The summed E-state index contributed by atoms with van der Waals surface area (Å²) in [5, 5.41) is 32.6. The Balaban J connectivity index is 1.96. The van der Waals surface area contributed by atoms with Crippen molar-refractivity contribution in [1.29, 1.82) is 0 Å². The van der Waals surface area contributed by atoms with E-state index in [1.807, 2.05) is 0 Å². The van der Waals surface area contributed by atoms with Gasteiger partial charge in [0.2, 0.25) is 0 Å². The third-order valence-corrected chi connectivity index (χ3v) is 9.94. The van der Waals surface area contributed by atoms with Crippen molar-refractivity contribution in [3.8, 4) is 17.2 Å². The molecule has 3 saturated carbocycles. The number of hydrogen-bond donors (Lipinski definition) is 3. The molecule has 5 nitrogen and oxygen atoms in total. The van der Waals surface area contributed by atoms with E-state index in [4.69, 9.17) is 0 Å². The maximum atomic E-state index is 11.8. The molecule has 0 amide bonds. The van der Waals surface area contributed by atoms with Gasteiger partial charge >= 0.3 is 0 Å². The Morgan fingerprint density at radius 3 is 2.09 bits per heavy atom. The largest absolute Gasteiger partial charge is 0.507 e. The lowest BCUT2D eigenvalue weighted by Gasteiger charge is -2.46. The Kier molecular flexibility index (Phi) is 5.50. The van der Waals surface area contributed by atoms with Crippen molar-refractivity contribution >= 4 is 12.6 Å². The van der Waals surface area contributed by atoms with Crippen LogP contribution in [0.5, 0.6) is 17.2 Å². The van der Waals surface area contributed by atoms with Crippen LogP contribution in [0.25, 0.3) is 0 Å². The van der Waals surface area contributed by atoms with E-state index in [0.29, 0.717) is 30.8 Å². The summed E-state index contributed by atoms with van der Waals surface area (Å²) < 4.78 is 0. The molecule has 3 fully saturated rings. The molecule has 0 spiro atoms. The van der Waals surface area contributed by atoms with E-state index in [9.17, 15) is 24.9 Å². The number of aldehydes is 2. The normalized spacial score (nSPS) is 36.1. The van der Waals surface area contributed by atoms with Crippen molar-refractivity contribution in [2.45, 2.75) is 79.1 Å². The Bertz CT molecular complexity index is 991. The third kappa shape index (κ3) is 3.18. The zero-order chi connectivity index (χ0) is 24.5. The molecule has 1 aromatic carbocycles. The Morgan fingerprint density at radius 1 is 1.00 bits per heavy atom. The van der Waals surface area contributed by atoms with Crippen LogP contribution in [0.1, 0.15) is 105 Å². The van der Waals surface area contributed by atoms with Gasteiger partial charge in [-0.3, -0.25) is 9.59 Å². The number of hydrogen-bond acceptors (Lipinski definition) is 5. The number of carbonyl (C=O) groups excluding carboxylic acids is 2. The predicted octanol–water partition coefficient (Wildman–Crippen LogP) is 6.36. The fraction of sp³-hybridized carbons (Fsp3) is 0.643. The molecule has 33 heavy (non-hydrogen) atoms. The summed E-state index contributed by atoms with van der Waals surface area (Å²) >= 11 is 0. The molecule has 3 N–H and O–H groups in total. The zero-order valence-corrected chi connectivity index (χ0v) is 20.6. The van der Waals surface area contributed by atoms with Crippen LogP contribution in [0, 0.1) is 34.0 Å². The molecule has 1 aromatic rings. The van der Waals surface area contributed by atoms with Crippen LogP contribution in [0.3, 0.4) is 0 Å². The van der Waals surface area contributed by atoms with Gasteiger partial charge in [0, 0.05) is 5.56 Å². The highest BCUT2D eigenvalue weighted by atomic mass is 16.3. The molecule has 5 heteroatoms. The lowest BCUT2D eigenvalue weighted by molar-refractivity contribution is 0.0655. The van der Waals surface area contributed by atoms with E-state index in [-0.39, 0.29) is 44.8 Å². The first-order valence-corrected chi connectivity index (χ1v) is 12.2. The second-order valence-corrected chi connectivity index (χ2v) is 12.1. The molecule has 0 radical (unpaired) electrons. The van der Waals surface area contributed by atoms with Gasteiger partial charge in [0.05, 0.1) is 11.1 Å². The number of benzene rings is 1. The second-order valence-electron chi connectivity index (χ2n) is 12.1. The van der Waals surface area contributed by atoms with Crippen molar-refractivity contribution in [1.82, 2.24) is 0 Å². The SMILES string of the molecule is C=C1CC[C@@]2(C)C[C@@]2(C)C2C1CC[C@]2(C)C(CC(C)C)c1c(O)c(C=O)c(O)c(C=O)c1O. The van der Waals surface area contributed by atoms with Crippen LogP contribution in [0.15, 0.2) is 12.2 Å². The predicted molar refractivity (Wildman–Crippen MR) is 128 cm³/mol. The fourth-order valence-electron chi connectivity index (χ4n) is 8.01. The minimum absolute atomic E-state index is 0.140. The van der Waals surface area contributed by atoms with E-state index < -0.39 is 17.2 Å². The Hall–Kier alpha value is -2.30. The smallest absolute Gasteiger partial charge is 0.157 e. The summed E-state index contributed by atoms with van der Waals surface area (Å²) in [5.74, 6) is -0.796. The second kappa shape index (κ2) is 7.61. The number of carbonyl (C=O) groups is 2. The molecular formula is C28H38O5. The standard InChI is InChI=1S/C28H38O5/c1-15(2)11-20(21-23(32)18(12-29)22(31)19(13-30)24(21)33)27(5)10-8-17-16(3)7-9-26(4)14-28(26,6)25(17)27/h12-13,15,17,20,25,31-33H,3,7-11,14H2,1-2,4-6H3/t17?,20?,25?,26-,27+,28-/m0/s1. The van der Waals surface area contributed by atoms with Crippen LogP contribution < -0.4 is 0 Å². The fourth-order valence-corrected chi connectivity index (χ4v) is 8.01. The highest BCUT2D eigenvalue weighted by Gasteiger charge is 2.72. The lowest BCUT2D eigenvalue weighted by Crippen LogP contribution is -2.39. The van der Waals surface area contributed by atoms with Gasteiger partial charge in [-0.05, 0) is 78.4 Å². The van der Waals surface area contributed by atoms with Gasteiger partial charge < -0.3 is 15.3 Å². The molecule has 0 aliphatic heterocycles. The summed E-state index contributed by atoms with van der Waals surface area (Å²) in [6.07, 6.45) is 6.67. The first-order chi connectivity index (χ1) is 15.4. The van der Waals surface area contributed by atoms with Gasteiger partial charge in [-0.1, -0.05) is 46.8 Å². The maximum absolute atomic E-state index is 11.8. The first kappa shape index (κ1) is 23.8. The van der Waals surface area contributed by atoms with E-state index in [2.05, 4.69) is 41.2 Å². The molecule has 3 aliphatic carbocycles. The summed E-state index contributed by atoms with van der Waals surface area (Å²) in [6.45, 7) is 15.7. The van der Waals surface area contributed by atoms with Gasteiger partial charge in [0.25, 0.3) is 0 Å². The summed E-state index contributed by atoms with van der Waals surface area (Å²) in [4.78, 5) is 23.5. The first-order valence-electron chi connectivity index (χ1n) is 12.2. The average molecular weight is 455 g/mol. The summed E-state index contributed by atoms with van der Waals surface area (Å²) in [7, 11) is 0. The lowest BCUT2D eigenvalue weighted by atomic mass is 9.57. The van der Waals surface area contributed by atoms with E-state index in [1.54, 1.807) is 0 Å². The molecule has 0 saturated heterocycles. The highest BCUT2D eigenvalue weighted by Crippen LogP contribution is 2.80. The number of fused-ring (bicyclic) bond motifs is 3. The van der Waals surface area contributed by atoms with Gasteiger partial charge in [0.1, 0.15) is 17.2 Å². The van der Waals surface area contributed by atoms with Crippen LogP contribution >= 0.6 is 0 Å². The molecule has 180 valence electrons. The van der Waals surface area contributed by atoms with Gasteiger partial charge in [-0.2, -0.15) is 0 Å². The van der Waals surface area contributed by atoms with Crippen molar-refractivity contribution in [3.63, 3.8) is 0 Å². The number of rotatable bonds is 6. The van der Waals surface area contributed by atoms with Gasteiger partial charge in [-0.15, -0.1) is 0 Å². The molecule has 6 atom stereocenters. The van der Waals surface area contributed by atoms with Crippen molar-refractivity contribution in [3.05, 3.63) is 28.8 Å². The van der Waals surface area contributed by atoms with Crippen LogP contribution in [-0.4, -0.2) is 27.9 Å². The van der Waals surface area contributed by atoms with E-state index in [0.717, 1.165) is 32.1 Å². The topological polar surface area (TPSA) is 94.8 Å². The minimum atomic E-state index is -0.666. The van der Waals surface area contributed by atoms with Crippen LogP contribution in [0.2, 0.25) is 0 Å². The van der Waals surface area contributed by atoms with Crippen LogP contribution in [-0.2, 0) is 0 Å². The van der Waals surface area contributed by atoms with Crippen molar-refractivity contribution in [2.75, 3.05) is 0 Å². The maximum Gasteiger partial charge on any atom is 0.157 e. The Morgan fingerprint density at radius 2 is 1.58 bits per heavy atom. The molecule has 0 aromatic heterocycles. The van der Waals surface area contributed by atoms with Crippen molar-refractivity contribution in [2.24, 2.45) is 34.0 Å². The van der Waals surface area contributed by atoms with E-state index in [1.165, 1.54) is 5.57 Å². The third-order valence-electron chi connectivity index (χ3n) is 9.94. The molecular weight excluding hydrogens is 416 g/mol. The molecule has 3 aliphatic rings. The Labute approximate surface area is 196 Å². The summed E-state index contributed by atoms with van der Waals surface area (Å²) in [5.41, 5.74) is 0.998. The number of phenols is 3. The zero-order valence-electron chi connectivity index (χ0n) is 20.6. The monoisotopic (exact) mass is 454 g/mol. The highest BCUT2D eigenvalue weighted by molar-refractivity contribution is 5.95. The molecule has 0 bridgehead atoms.